The molecule has 1 aromatic carbocycles. The fourth-order valence-corrected chi connectivity index (χ4v) is 1.60. The number of halogens is 1. The summed E-state index contributed by atoms with van der Waals surface area (Å²) in [6, 6.07) is 7.31. The second-order valence-electron chi connectivity index (χ2n) is 3.05. The van der Waals surface area contributed by atoms with E-state index in [2.05, 4.69) is 4.52 Å². The van der Waals surface area contributed by atoms with Crippen molar-refractivity contribution in [2.75, 3.05) is 6.61 Å². The van der Waals surface area contributed by atoms with Crippen molar-refractivity contribution in [2.24, 2.45) is 0 Å². The average Bonchev–Trinajstić information content (AvgIpc) is 2.14. The van der Waals surface area contributed by atoms with Crippen molar-refractivity contribution in [2.45, 2.75) is 12.8 Å². The van der Waals surface area contributed by atoms with Crippen LogP contribution in [0, 0.1) is 0 Å². The minimum atomic E-state index is -4.32. The van der Waals surface area contributed by atoms with E-state index in [4.69, 9.17) is 21.4 Å². The van der Waals surface area contributed by atoms with Crippen LogP contribution in [0.15, 0.2) is 24.3 Å². The topological polar surface area (TPSA) is 66.8 Å². The second kappa shape index (κ2) is 5.64. The van der Waals surface area contributed by atoms with E-state index in [1.54, 1.807) is 12.1 Å². The molecule has 0 aromatic heterocycles. The van der Waals surface area contributed by atoms with Crippen LogP contribution in [-0.2, 0) is 15.5 Å². The Bertz CT molecular complexity index is 346. The molecule has 84 valence electrons. The number of phosphoric acid groups is 1. The lowest BCUT2D eigenvalue weighted by Gasteiger charge is -2.04. The number of hydrogen-bond acceptors (Lipinski definition) is 2. The number of aryl methyl sites for hydroxylation is 1. The smallest absolute Gasteiger partial charge is 0.303 e. The first-order chi connectivity index (χ1) is 6.97. The number of rotatable bonds is 5. The first-order valence-corrected chi connectivity index (χ1v) is 6.33. The average molecular weight is 251 g/mol. The zero-order chi connectivity index (χ0) is 11.3. The standard InChI is InChI=1S/C9H12ClO4P/c10-9-5-3-8(4-6-9)2-1-7-14-15(11,12)13/h3-6H,1-2,7H2,(H2,11,12,13). The van der Waals surface area contributed by atoms with Crippen molar-refractivity contribution in [1.29, 1.82) is 0 Å². The lowest BCUT2D eigenvalue weighted by atomic mass is 10.1. The molecule has 0 aliphatic heterocycles. The Hall–Kier alpha value is -0.380. The Morgan fingerprint density at radius 2 is 1.87 bits per heavy atom. The summed E-state index contributed by atoms with van der Waals surface area (Å²) >= 11 is 5.71. The van der Waals surface area contributed by atoms with Crippen LogP contribution in [0.3, 0.4) is 0 Å². The van der Waals surface area contributed by atoms with Gasteiger partial charge in [0.2, 0.25) is 0 Å². The zero-order valence-electron chi connectivity index (χ0n) is 7.97. The summed E-state index contributed by atoms with van der Waals surface area (Å²) in [5.41, 5.74) is 1.06. The molecular formula is C9H12ClO4P. The van der Waals surface area contributed by atoms with E-state index in [0.717, 1.165) is 5.56 Å². The summed E-state index contributed by atoms with van der Waals surface area (Å²) in [4.78, 5) is 16.8. The highest BCUT2D eigenvalue weighted by atomic mass is 35.5. The van der Waals surface area contributed by atoms with Crippen molar-refractivity contribution < 1.29 is 18.9 Å². The lowest BCUT2D eigenvalue weighted by molar-refractivity contribution is 0.195. The van der Waals surface area contributed by atoms with Crippen LogP contribution in [0.2, 0.25) is 5.02 Å². The van der Waals surface area contributed by atoms with Gasteiger partial charge in [-0.2, -0.15) is 0 Å². The summed E-state index contributed by atoms with van der Waals surface area (Å²) in [5, 5.41) is 0.671. The van der Waals surface area contributed by atoms with E-state index in [9.17, 15) is 4.57 Å². The number of benzene rings is 1. The van der Waals surface area contributed by atoms with Crippen LogP contribution in [-0.4, -0.2) is 16.4 Å². The van der Waals surface area contributed by atoms with Gasteiger partial charge in [0, 0.05) is 5.02 Å². The molecule has 1 aromatic rings. The summed E-state index contributed by atoms with van der Waals surface area (Å²) in [6.45, 7) is 0.0485. The maximum Gasteiger partial charge on any atom is 0.469 e. The van der Waals surface area contributed by atoms with Gasteiger partial charge < -0.3 is 9.79 Å². The second-order valence-corrected chi connectivity index (χ2v) is 4.73. The Balaban J connectivity index is 2.26. The Labute approximate surface area is 93.1 Å². The molecule has 0 spiro atoms. The quantitative estimate of drug-likeness (QED) is 0.622. The van der Waals surface area contributed by atoms with Crippen molar-refractivity contribution in [3.63, 3.8) is 0 Å². The van der Waals surface area contributed by atoms with Crippen molar-refractivity contribution >= 4 is 19.4 Å². The Morgan fingerprint density at radius 1 is 1.27 bits per heavy atom. The van der Waals surface area contributed by atoms with Crippen LogP contribution in [0.4, 0.5) is 0 Å². The largest absolute Gasteiger partial charge is 0.469 e. The molecule has 6 heteroatoms. The minimum Gasteiger partial charge on any atom is -0.303 e. The molecule has 0 aliphatic rings. The maximum absolute atomic E-state index is 10.3. The number of phosphoric ester groups is 1. The molecule has 0 saturated heterocycles. The minimum absolute atomic E-state index is 0.0485. The van der Waals surface area contributed by atoms with Crippen molar-refractivity contribution in [3.8, 4) is 0 Å². The van der Waals surface area contributed by atoms with E-state index < -0.39 is 7.82 Å². The molecule has 0 fully saturated rings. The van der Waals surface area contributed by atoms with Crippen LogP contribution in [0.25, 0.3) is 0 Å². The van der Waals surface area contributed by atoms with Gasteiger partial charge in [0.05, 0.1) is 6.61 Å². The van der Waals surface area contributed by atoms with E-state index >= 15 is 0 Å². The summed E-state index contributed by atoms with van der Waals surface area (Å²) in [6.07, 6.45) is 1.27. The van der Waals surface area contributed by atoms with Gasteiger partial charge in [0.1, 0.15) is 0 Å². The Morgan fingerprint density at radius 3 is 2.40 bits per heavy atom. The first-order valence-electron chi connectivity index (χ1n) is 4.42. The van der Waals surface area contributed by atoms with Crippen LogP contribution >= 0.6 is 19.4 Å². The summed E-state index contributed by atoms with van der Waals surface area (Å²) in [5.74, 6) is 0. The molecule has 2 N–H and O–H groups in total. The van der Waals surface area contributed by atoms with Gasteiger partial charge in [-0.3, -0.25) is 4.52 Å². The monoisotopic (exact) mass is 250 g/mol. The van der Waals surface area contributed by atoms with Gasteiger partial charge in [0.15, 0.2) is 0 Å². The molecule has 0 aliphatic carbocycles. The van der Waals surface area contributed by atoms with Gasteiger partial charge in [-0.25, -0.2) is 4.57 Å². The molecule has 4 nitrogen and oxygen atoms in total. The SMILES string of the molecule is O=P(O)(O)OCCCc1ccc(Cl)cc1. The van der Waals surface area contributed by atoms with E-state index in [-0.39, 0.29) is 6.61 Å². The fraction of sp³-hybridized carbons (Fsp3) is 0.333. The van der Waals surface area contributed by atoms with Gasteiger partial charge in [0.25, 0.3) is 0 Å². The van der Waals surface area contributed by atoms with Gasteiger partial charge >= 0.3 is 7.82 Å². The molecule has 0 unspecified atom stereocenters. The van der Waals surface area contributed by atoms with Gasteiger partial charge in [-0.1, -0.05) is 23.7 Å². The molecule has 0 bridgehead atoms. The molecule has 0 heterocycles. The summed E-state index contributed by atoms with van der Waals surface area (Å²) < 4.78 is 14.7. The lowest BCUT2D eigenvalue weighted by Crippen LogP contribution is -1.94. The maximum atomic E-state index is 10.3. The molecule has 0 amide bonds. The van der Waals surface area contributed by atoms with Gasteiger partial charge in [-0.05, 0) is 30.5 Å². The number of hydrogen-bond donors (Lipinski definition) is 2. The van der Waals surface area contributed by atoms with Crippen molar-refractivity contribution in [3.05, 3.63) is 34.9 Å². The van der Waals surface area contributed by atoms with E-state index in [0.29, 0.717) is 17.9 Å². The van der Waals surface area contributed by atoms with E-state index in [1.165, 1.54) is 0 Å². The predicted octanol–water partition coefficient (Wildman–Crippen LogP) is 2.38. The van der Waals surface area contributed by atoms with Crippen LogP contribution in [0.5, 0.6) is 0 Å². The third-order valence-corrected chi connectivity index (χ3v) is 2.55. The van der Waals surface area contributed by atoms with Crippen LogP contribution in [0.1, 0.15) is 12.0 Å². The van der Waals surface area contributed by atoms with Crippen LogP contribution < -0.4 is 0 Å². The predicted molar refractivity (Wildman–Crippen MR) is 57.8 cm³/mol. The third-order valence-electron chi connectivity index (χ3n) is 1.78. The highest BCUT2D eigenvalue weighted by Gasteiger charge is 2.12. The highest BCUT2D eigenvalue weighted by molar-refractivity contribution is 7.46. The molecule has 0 radical (unpaired) electrons. The third kappa shape index (κ3) is 5.92. The molecular weight excluding hydrogens is 239 g/mol. The van der Waals surface area contributed by atoms with E-state index in [1.807, 2.05) is 12.1 Å². The highest BCUT2D eigenvalue weighted by Crippen LogP contribution is 2.35. The zero-order valence-corrected chi connectivity index (χ0v) is 9.62. The Kier molecular flexibility index (Phi) is 4.77. The van der Waals surface area contributed by atoms with Crippen molar-refractivity contribution in [1.82, 2.24) is 0 Å². The molecule has 15 heavy (non-hydrogen) atoms. The fourth-order valence-electron chi connectivity index (χ4n) is 1.11. The normalized spacial score (nSPS) is 11.7. The molecule has 0 atom stereocenters. The summed E-state index contributed by atoms with van der Waals surface area (Å²) in [7, 11) is -4.32. The molecule has 1 rings (SSSR count). The first kappa shape index (κ1) is 12.7. The molecule has 0 saturated carbocycles. The van der Waals surface area contributed by atoms with Gasteiger partial charge in [-0.15, -0.1) is 0 Å².